The molecule has 170 valence electrons. The van der Waals surface area contributed by atoms with Gasteiger partial charge in [0.1, 0.15) is 11.5 Å². The standard InChI is InChI=1S/C22H27N5O4S/c1-13-11-12-17(31-13)18(14-7-4-5-8-14)24-21-20(25-32(30)26-21)23-16-10-6-9-15(19(16)28)22(29)27(2)3/h6,9-12,14,18,28H,4-5,7-8H2,1-3H3,(H,23,25)(H,24,26)/t18-,32?/m1/s1. The number of para-hydroxylation sites is 1. The molecule has 1 aliphatic heterocycles. The fourth-order valence-electron chi connectivity index (χ4n) is 4.11. The van der Waals surface area contributed by atoms with E-state index < -0.39 is 11.2 Å². The number of rotatable bonds is 5. The van der Waals surface area contributed by atoms with Crippen molar-refractivity contribution in [3.05, 3.63) is 47.4 Å². The third-order valence-corrected chi connectivity index (χ3v) is 6.40. The van der Waals surface area contributed by atoms with E-state index >= 15 is 0 Å². The second-order valence-electron chi connectivity index (χ2n) is 8.25. The summed E-state index contributed by atoms with van der Waals surface area (Å²) in [7, 11) is 3.22. The first-order valence-electron chi connectivity index (χ1n) is 10.6. The molecule has 9 nitrogen and oxygen atoms in total. The third-order valence-electron chi connectivity index (χ3n) is 5.72. The molecule has 1 fully saturated rings. The number of anilines is 1. The molecule has 1 aromatic carbocycles. The molecule has 0 bridgehead atoms. The van der Waals surface area contributed by atoms with E-state index in [0.29, 0.717) is 11.8 Å². The zero-order valence-electron chi connectivity index (χ0n) is 18.3. The second-order valence-corrected chi connectivity index (χ2v) is 9.08. The predicted octanol–water partition coefficient (Wildman–Crippen LogP) is 3.32. The number of hydrogen-bond acceptors (Lipinski definition) is 6. The van der Waals surface area contributed by atoms with Crippen LogP contribution >= 0.6 is 0 Å². The fourth-order valence-corrected chi connectivity index (χ4v) is 4.73. The first-order chi connectivity index (χ1) is 15.3. The van der Waals surface area contributed by atoms with Crippen LogP contribution in [0.4, 0.5) is 5.69 Å². The van der Waals surface area contributed by atoms with Gasteiger partial charge in [-0.2, -0.15) is 0 Å². The molecule has 0 saturated heterocycles. The van der Waals surface area contributed by atoms with Crippen molar-refractivity contribution in [2.24, 2.45) is 14.7 Å². The lowest BCUT2D eigenvalue weighted by molar-refractivity contribution is 0.0824. The first-order valence-corrected chi connectivity index (χ1v) is 11.6. The van der Waals surface area contributed by atoms with Crippen LogP contribution in [-0.2, 0) is 11.2 Å². The van der Waals surface area contributed by atoms with Gasteiger partial charge in [-0.3, -0.25) is 4.79 Å². The number of carbonyl (C=O) groups excluding carboxylic acids is 1. The minimum Gasteiger partial charge on any atom is -0.505 e. The highest BCUT2D eigenvalue weighted by molar-refractivity contribution is 7.83. The Bertz CT molecular complexity index is 1100. The number of benzene rings is 1. The van der Waals surface area contributed by atoms with Crippen LogP contribution < -0.4 is 10.6 Å². The quantitative estimate of drug-likeness (QED) is 0.593. The van der Waals surface area contributed by atoms with Gasteiger partial charge in [-0.15, -0.1) is 8.80 Å². The SMILES string of the molecule is Cc1ccc([C@H](NC2=NS(=O)N=C2Nc2cccc(C(=O)N(C)C)c2O)C2CCCC2)o1. The molecule has 2 atom stereocenters. The maximum atomic E-state index is 12.3. The van der Waals surface area contributed by atoms with Gasteiger partial charge in [0.15, 0.2) is 17.4 Å². The third kappa shape index (κ3) is 4.55. The van der Waals surface area contributed by atoms with E-state index in [4.69, 9.17) is 4.42 Å². The Hall–Kier alpha value is -3.14. The molecule has 1 aliphatic carbocycles. The summed E-state index contributed by atoms with van der Waals surface area (Å²) in [5.41, 5.74) is 0.428. The van der Waals surface area contributed by atoms with E-state index in [1.807, 2.05) is 19.1 Å². The molecule has 1 amide bonds. The normalized spacial score (nSPS) is 19.4. The van der Waals surface area contributed by atoms with Gasteiger partial charge in [-0.05, 0) is 49.9 Å². The summed E-state index contributed by atoms with van der Waals surface area (Å²) in [5.74, 6) is 2.01. The van der Waals surface area contributed by atoms with Crippen molar-refractivity contribution in [1.29, 1.82) is 0 Å². The van der Waals surface area contributed by atoms with Gasteiger partial charge in [0.2, 0.25) is 0 Å². The Morgan fingerprint density at radius 2 is 1.91 bits per heavy atom. The van der Waals surface area contributed by atoms with Crippen molar-refractivity contribution in [2.45, 2.75) is 38.6 Å². The maximum Gasteiger partial charge on any atom is 0.269 e. The van der Waals surface area contributed by atoms with Crippen LogP contribution in [0.2, 0.25) is 0 Å². The van der Waals surface area contributed by atoms with Gasteiger partial charge >= 0.3 is 0 Å². The van der Waals surface area contributed by atoms with E-state index in [2.05, 4.69) is 19.4 Å². The Morgan fingerprint density at radius 3 is 2.56 bits per heavy atom. The zero-order valence-corrected chi connectivity index (χ0v) is 19.1. The van der Waals surface area contributed by atoms with Crippen LogP contribution in [0.25, 0.3) is 0 Å². The lowest BCUT2D eigenvalue weighted by Gasteiger charge is -2.24. The minimum atomic E-state index is -1.79. The van der Waals surface area contributed by atoms with Crippen molar-refractivity contribution in [1.82, 2.24) is 10.2 Å². The van der Waals surface area contributed by atoms with Gasteiger partial charge in [-0.1, -0.05) is 18.9 Å². The highest BCUT2D eigenvalue weighted by Crippen LogP contribution is 2.37. The van der Waals surface area contributed by atoms with E-state index in [1.165, 1.54) is 4.90 Å². The number of nitrogens with zero attached hydrogens (tertiary/aromatic N) is 3. The Labute approximate surface area is 189 Å². The summed E-state index contributed by atoms with van der Waals surface area (Å²) in [4.78, 5) is 13.7. The van der Waals surface area contributed by atoms with E-state index in [1.54, 1.807) is 32.3 Å². The molecule has 0 radical (unpaired) electrons. The summed E-state index contributed by atoms with van der Waals surface area (Å²) >= 11 is -1.79. The van der Waals surface area contributed by atoms with Crippen LogP contribution in [0.1, 0.15) is 53.6 Å². The summed E-state index contributed by atoms with van der Waals surface area (Å²) in [6.07, 6.45) is 4.42. The van der Waals surface area contributed by atoms with Crippen molar-refractivity contribution in [3.63, 3.8) is 0 Å². The molecule has 2 heterocycles. The smallest absolute Gasteiger partial charge is 0.269 e. The molecule has 32 heavy (non-hydrogen) atoms. The highest BCUT2D eigenvalue weighted by atomic mass is 32.2. The molecule has 2 aliphatic rings. The van der Waals surface area contributed by atoms with E-state index in [-0.39, 0.29) is 34.8 Å². The molecule has 3 N–H and O–H groups in total. The number of phenolic OH excluding ortho intramolecular Hbond substituents is 1. The van der Waals surface area contributed by atoms with Crippen molar-refractivity contribution in [2.75, 3.05) is 19.4 Å². The fraction of sp³-hybridized carbons (Fsp3) is 0.409. The van der Waals surface area contributed by atoms with Crippen molar-refractivity contribution in [3.8, 4) is 5.75 Å². The lowest BCUT2D eigenvalue weighted by atomic mass is 9.96. The van der Waals surface area contributed by atoms with Gasteiger partial charge in [0.05, 0.1) is 17.3 Å². The Kier molecular flexibility index (Phi) is 6.31. The maximum absolute atomic E-state index is 12.3. The van der Waals surface area contributed by atoms with Gasteiger partial charge in [0, 0.05) is 14.1 Å². The van der Waals surface area contributed by atoms with Crippen molar-refractivity contribution < 1.29 is 18.5 Å². The molecule has 4 rings (SSSR count). The molecule has 1 unspecified atom stereocenters. The first kappa shape index (κ1) is 22.1. The molecule has 1 aromatic heterocycles. The monoisotopic (exact) mass is 457 g/mol. The van der Waals surface area contributed by atoms with Crippen molar-refractivity contribution >= 4 is 34.4 Å². The number of phenols is 1. The highest BCUT2D eigenvalue weighted by Gasteiger charge is 2.32. The number of aromatic hydroxyl groups is 1. The molecule has 10 heteroatoms. The van der Waals surface area contributed by atoms with Crippen LogP contribution in [0, 0.1) is 12.8 Å². The van der Waals surface area contributed by atoms with Crippen LogP contribution in [0.3, 0.4) is 0 Å². The second kappa shape index (κ2) is 9.15. The Balaban J connectivity index is 1.59. The Morgan fingerprint density at radius 1 is 1.19 bits per heavy atom. The predicted molar refractivity (Wildman–Crippen MR) is 124 cm³/mol. The van der Waals surface area contributed by atoms with Crippen LogP contribution in [-0.4, -0.2) is 45.9 Å². The van der Waals surface area contributed by atoms with E-state index in [9.17, 15) is 14.1 Å². The molecule has 0 spiro atoms. The molecule has 1 saturated carbocycles. The average Bonchev–Trinajstić information content (AvgIpc) is 3.49. The summed E-state index contributed by atoms with van der Waals surface area (Å²) in [6, 6.07) is 8.55. The topological polar surface area (TPSA) is 120 Å². The molecular weight excluding hydrogens is 430 g/mol. The van der Waals surface area contributed by atoms with Gasteiger partial charge in [-0.25, -0.2) is 4.21 Å². The van der Waals surface area contributed by atoms with Gasteiger partial charge < -0.3 is 25.1 Å². The number of aryl methyl sites for hydroxylation is 1. The largest absolute Gasteiger partial charge is 0.505 e. The van der Waals surface area contributed by atoms with Gasteiger partial charge in [0.25, 0.3) is 17.1 Å². The lowest BCUT2D eigenvalue weighted by Crippen LogP contribution is -2.39. The van der Waals surface area contributed by atoms with Crippen LogP contribution in [0.5, 0.6) is 5.75 Å². The number of amidine groups is 2. The summed E-state index contributed by atoms with van der Waals surface area (Å²) in [5, 5.41) is 17.0. The van der Waals surface area contributed by atoms with E-state index in [0.717, 1.165) is 37.2 Å². The number of amides is 1. The average molecular weight is 458 g/mol. The number of furan rings is 1. The molecular formula is C22H27N5O4S. The number of nitrogens with one attached hydrogen (secondary N) is 2. The van der Waals surface area contributed by atoms with Crippen LogP contribution in [0.15, 0.2) is 43.5 Å². The number of hydrogen-bond donors (Lipinski definition) is 3. The molecule has 2 aromatic rings. The summed E-state index contributed by atoms with van der Waals surface area (Å²) in [6.45, 7) is 1.90. The summed E-state index contributed by atoms with van der Waals surface area (Å²) < 4.78 is 26.3. The zero-order chi connectivity index (χ0) is 22.8. The minimum absolute atomic E-state index is 0.137. The number of carbonyl (C=O) groups is 1.